The third-order valence-corrected chi connectivity index (χ3v) is 20.4. The minimum absolute atomic E-state index is 0.00428. The van der Waals surface area contributed by atoms with Crippen molar-refractivity contribution in [3.8, 4) is 5.75 Å². The lowest BCUT2D eigenvalue weighted by Gasteiger charge is -2.42. The number of carbonyl (C=O) groups excluding carboxylic acids is 13. The Morgan fingerprint density at radius 3 is 1.19 bits per heavy atom. The summed E-state index contributed by atoms with van der Waals surface area (Å²) >= 11 is 0. The molecule has 9 amide bonds. The smallest absolute Gasteiger partial charge is 0.239 e. The van der Waals surface area contributed by atoms with Crippen LogP contribution in [0.5, 0.6) is 5.75 Å². The molecule has 18 atom stereocenters. The number of aliphatic hydroxyl groups excluding tert-OH is 9. The lowest BCUT2D eigenvalue weighted by atomic mass is 9.87. The van der Waals surface area contributed by atoms with E-state index in [9.17, 15) is 113 Å². The normalized spacial score (nSPS) is 23.7. The number of amides is 9. The van der Waals surface area contributed by atoms with E-state index in [2.05, 4.69) is 54.8 Å². The van der Waals surface area contributed by atoms with Gasteiger partial charge in [-0.05, 0) is 69.1 Å². The van der Waals surface area contributed by atoms with Crippen molar-refractivity contribution < 1.29 is 142 Å². The van der Waals surface area contributed by atoms with Crippen molar-refractivity contribution >= 4 is 76.3 Å². The number of aliphatic hydroxyl groups is 9. The van der Waals surface area contributed by atoms with Crippen molar-refractivity contribution in [3.63, 3.8) is 0 Å². The van der Waals surface area contributed by atoms with Gasteiger partial charge in [0.25, 0.3) is 0 Å². The third-order valence-electron chi connectivity index (χ3n) is 20.4. The number of aromatic hydroxyl groups is 1. The zero-order valence-corrected chi connectivity index (χ0v) is 68.5. The maximum absolute atomic E-state index is 14.7. The molecule has 118 heavy (non-hydrogen) atoms. The van der Waals surface area contributed by atoms with Gasteiger partial charge in [-0.25, -0.2) is 0 Å². The second-order valence-corrected chi connectivity index (χ2v) is 30.5. The highest BCUT2D eigenvalue weighted by Gasteiger charge is 2.48. The average Bonchev–Trinajstić information content (AvgIpc) is 0.818. The number of nitrogens with one attached hydrogen (secondary N) is 9. The molecule has 1 aromatic carbocycles. The van der Waals surface area contributed by atoms with Crippen LogP contribution >= 0.6 is 0 Å². The Balaban J connectivity index is 1.46. The molecule has 0 radical (unpaired) electrons. The molecule has 19 N–H and O–H groups in total. The molecule has 3 heterocycles. The first-order valence-electron chi connectivity index (χ1n) is 41.4. The Bertz CT molecular complexity index is 3250. The molecule has 0 saturated carbocycles. The number of rotatable bonds is 61. The highest BCUT2D eigenvalue weighted by atomic mass is 16.7. The summed E-state index contributed by atoms with van der Waals surface area (Å²) in [5.74, 6) is -11.6. The van der Waals surface area contributed by atoms with E-state index in [-0.39, 0.29) is 76.5 Å². The van der Waals surface area contributed by atoms with E-state index < -0.39 is 245 Å². The van der Waals surface area contributed by atoms with Gasteiger partial charge < -0.3 is 127 Å². The van der Waals surface area contributed by atoms with Gasteiger partial charge in [0, 0.05) is 105 Å². The van der Waals surface area contributed by atoms with E-state index in [1.165, 1.54) is 45.0 Å². The van der Waals surface area contributed by atoms with Crippen LogP contribution in [0.2, 0.25) is 0 Å². The molecule has 0 bridgehead atoms. The Hall–Kier alpha value is -7.67. The van der Waals surface area contributed by atoms with E-state index >= 15 is 0 Å². The molecule has 0 spiro atoms. The second-order valence-electron chi connectivity index (χ2n) is 30.5. The molecule has 3 saturated heterocycles. The van der Waals surface area contributed by atoms with Gasteiger partial charge >= 0.3 is 0 Å². The van der Waals surface area contributed by atoms with Crippen LogP contribution in [0.1, 0.15) is 207 Å². The number of ketones is 4. The van der Waals surface area contributed by atoms with E-state index in [0.29, 0.717) is 95.5 Å². The highest BCUT2D eigenvalue weighted by Crippen LogP contribution is 2.27. The predicted octanol–water partition coefficient (Wildman–Crippen LogP) is -2.06. The van der Waals surface area contributed by atoms with E-state index in [0.717, 1.165) is 32.1 Å². The first-order valence-corrected chi connectivity index (χ1v) is 41.4. The summed E-state index contributed by atoms with van der Waals surface area (Å²) in [4.78, 5) is 173. The molecule has 3 aliphatic rings. The number of phenolic OH excluding ortho intramolecular Hbond substituents is 1. The fraction of sp³-hybridized carbons (Fsp3) is 0.762. The molecule has 38 heteroatoms. The quantitative estimate of drug-likeness (QED) is 0.0312. The van der Waals surface area contributed by atoms with Gasteiger partial charge in [0.1, 0.15) is 90.4 Å². The monoisotopic (exact) mass is 1680 g/mol. The number of Topliss-reactive ketones (excluding diaryl/α,β-unsaturated/α-hetero) is 4. The summed E-state index contributed by atoms with van der Waals surface area (Å²) in [5.41, 5.74) is 0.464. The minimum atomic E-state index is -1.59. The Labute approximate surface area is 688 Å². The van der Waals surface area contributed by atoms with Crippen LogP contribution in [0.3, 0.4) is 0 Å². The Kier molecular flexibility index (Phi) is 50.1. The summed E-state index contributed by atoms with van der Waals surface area (Å²) in [5, 5.41) is 125. The lowest BCUT2D eigenvalue weighted by Crippen LogP contribution is -2.64. The number of unbranched alkanes of at least 4 members (excludes halogenated alkanes) is 15. The van der Waals surface area contributed by atoms with Gasteiger partial charge in [0.2, 0.25) is 53.2 Å². The van der Waals surface area contributed by atoms with Gasteiger partial charge in [-0.1, -0.05) is 96.1 Å². The number of hydrogen-bond acceptors (Lipinski definition) is 29. The van der Waals surface area contributed by atoms with Gasteiger partial charge in [0.15, 0.2) is 30.4 Å². The fourth-order valence-corrected chi connectivity index (χ4v) is 13.7. The van der Waals surface area contributed by atoms with Crippen LogP contribution in [-0.2, 0) is 97.2 Å². The molecule has 0 aliphatic carbocycles. The summed E-state index contributed by atoms with van der Waals surface area (Å²) in [7, 11) is 0. The standard InChI is InChI=1S/C80H131N9O29/c1-5-6-7-8-10-17-24-54(96)30-31-63(101)89-58(37-51-26-28-55(97)29-27-51)59(100)40-52(76(111)85-44-66(104)82-33-20-13-16-23-36-115-80-69(88-50(4)95)75(110)72(107)62(47-92)118-80)38-57(99)39-53(77(112)84-42-56(98)25-18-11-9-14-21-34-113-78-67(86-48(2)93)73(108)70(105)60(45-90)116-78)41-64(102)83-43-65(103)81-32-19-12-15-22-35-114-79-68(87-49(3)94)74(109)71(106)61(46-91)117-79/h26-29,52-53,58,60-62,67-75,78-80,90-92,97,105-110H,5-25,30-47H2,1-4H3,(H,81,103)(H,82,104)(H,83,102)(H,84,112)(H,85,111)(H,86,93)(H,87,94)(H,88,95)(H,89,101)/t52?,53?,58?,60-,61-,62-,67-,68-,69-,70+,71+,72+,73-,74-,75-,78-,79-,80-/m1/s1. The molecule has 670 valence electrons. The Morgan fingerprint density at radius 1 is 0.390 bits per heavy atom. The van der Waals surface area contributed by atoms with Crippen molar-refractivity contribution in [1.82, 2.24) is 47.9 Å². The summed E-state index contributed by atoms with van der Waals surface area (Å²) in [6.45, 7) is 2.77. The SMILES string of the molecule is CCCCCCCCC(=O)CCC(=O)NC(Cc1ccc(O)cc1)C(=O)CC(CC(=O)CC(CC(=O)NCC(=O)NCCCCCCO[C@@H]1O[C@H](CO)[C@H](O)[C@H](O)[C@H]1NC(C)=O)C(=O)NCC(=O)CCCCCCCO[C@@H]1O[C@H](CO)[C@H](O)[C@H](O)[C@H]1NC(C)=O)C(=O)NCC(=O)NCCCCCCO[C@@H]1O[C@H](CO)[C@H](O)[C@H](O)[C@H]1NC(C)=O. The largest absolute Gasteiger partial charge is 0.508 e. The average molecular weight is 1680 g/mol. The molecule has 3 fully saturated rings. The topological polar surface area (TPSA) is 588 Å². The number of carbonyl (C=O) groups is 13. The zero-order chi connectivity index (χ0) is 87.1. The summed E-state index contributed by atoms with van der Waals surface area (Å²) in [6, 6.07) is 1.01. The van der Waals surface area contributed by atoms with Gasteiger partial charge in [-0.15, -0.1) is 0 Å². The number of benzene rings is 1. The van der Waals surface area contributed by atoms with Gasteiger partial charge in [0.05, 0.1) is 57.3 Å². The van der Waals surface area contributed by atoms with Crippen molar-refractivity contribution in [2.75, 3.05) is 72.4 Å². The third kappa shape index (κ3) is 39.7. The molecule has 1 aromatic rings. The van der Waals surface area contributed by atoms with E-state index in [1.54, 1.807) is 0 Å². The van der Waals surface area contributed by atoms with Crippen LogP contribution in [-0.4, -0.2) is 298 Å². The number of phenols is 1. The van der Waals surface area contributed by atoms with Crippen molar-refractivity contribution in [3.05, 3.63) is 29.8 Å². The van der Waals surface area contributed by atoms with Crippen molar-refractivity contribution in [1.29, 1.82) is 0 Å². The van der Waals surface area contributed by atoms with Crippen LogP contribution < -0.4 is 47.9 Å². The zero-order valence-electron chi connectivity index (χ0n) is 68.5. The fourth-order valence-electron chi connectivity index (χ4n) is 13.7. The van der Waals surface area contributed by atoms with Gasteiger partial charge in [-0.3, -0.25) is 62.3 Å². The lowest BCUT2D eigenvalue weighted by molar-refractivity contribution is -0.270. The Morgan fingerprint density at radius 2 is 0.771 bits per heavy atom. The molecule has 0 aromatic heterocycles. The maximum Gasteiger partial charge on any atom is 0.239 e. The molecule has 38 nitrogen and oxygen atoms in total. The first kappa shape index (κ1) is 103. The van der Waals surface area contributed by atoms with Crippen molar-refractivity contribution in [2.24, 2.45) is 11.8 Å². The summed E-state index contributed by atoms with van der Waals surface area (Å²) < 4.78 is 34.1. The molecule has 3 unspecified atom stereocenters. The van der Waals surface area contributed by atoms with Crippen LogP contribution in [0.15, 0.2) is 24.3 Å². The van der Waals surface area contributed by atoms with E-state index in [1.807, 2.05) is 0 Å². The number of ether oxygens (including phenoxy) is 6. The number of hydrogen-bond donors (Lipinski definition) is 19. The highest BCUT2D eigenvalue weighted by molar-refractivity contribution is 5.98. The molecular weight excluding hydrogens is 1550 g/mol. The maximum atomic E-state index is 14.7. The van der Waals surface area contributed by atoms with Gasteiger partial charge in [-0.2, -0.15) is 0 Å². The van der Waals surface area contributed by atoms with Crippen LogP contribution in [0.4, 0.5) is 0 Å². The van der Waals surface area contributed by atoms with Crippen molar-refractivity contribution in [2.45, 2.75) is 305 Å². The minimum Gasteiger partial charge on any atom is -0.508 e. The summed E-state index contributed by atoms with van der Waals surface area (Å²) in [6.07, 6.45) is -6.72. The van der Waals surface area contributed by atoms with Crippen LogP contribution in [0, 0.1) is 11.8 Å². The predicted molar refractivity (Wildman–Crippen MR) is 420 cm³/mol. The van der Waals surface area contributed by atoms with Crippen LogP contribution in [0.25, 0.3) is 0 Å². The second kappa shape index (κ2) is 57.5. The first-order chi connectivity index (χ1) is 56.4. The van der Waals surface area contributed by atoms with E-state index in [4.69, 9.17) is 28.4 Å². The molecule has 4 rings (SSSR count). The molecule has 3 aliphatic heterocycles. The molecular formula is C80H131N9O29.